The van der Waals surface area contributed by atoms with Crippen LogP contribution in [-0.4, -0.2) is 11.2 Å². The number of aliphatic hydroxyl groups is 1. The Balaban J connectivity index is 2.25. The van der Waals surface area contributed by atoms with Crippen molar-refractivity contribution in [2.75, 3.05) is 0 Å². The van der Waals surface area contributed by atoms with Crippen LogP contribution in [0.15, 0.2) is 11.6 Å². The van der Waals surface area contributed by atoms with Gasteiger partial charge in [-0.15, -0.1) is 0 Å². The van der Waals surface area contributed by atoms with E-state index in [4.69, 9.17) is 0 Å². The molecule has 0 amide bonds. The molecule has 0 aromatic heterocycles. The second kappa shape index (κ2) is 6.30. The van der Waals surface area contributed by atoms with Crippen LogP contribution in [0.25, 0.3) is 0 Å². The molecule has 22 heavy (non-hydrogen) atoms. The molecule has 1 heteroatoms. The molecular weight excluding hydrogens is 268 g/mol. The fourth-order valence-corrected chi connectivity index (χ4v) is 4.66. The fraction of sp³-hybridized carbons (Fsp3) is 0.905. The quantitative estimate of drug-likeness (QED) is 0.604. The van der Waals surface area contributed by atoms with Crippen LogP contribution in [0.1, 0.15) is 80.6 Å². The molecule has 0 aliphatic heterocycles. The van der Waals surface area contributed by atoms with Crippen molar-refractivity contribution in [2.24, 2.45) is 34.5 Å². The third-order valence-corrected chi connectivity index (χ3v) is 6.36. The molecule has 1 nitrogen and oxygen atoms in total. The predicted molar refractivity (Wildman–Crippen MR) is 95.7 cm³/mol. The van der Waals surface area contributed by atoms with Gasteiger partial charge in [-0.05, 0) is 66.6 Å². The van der Waals surface area contributed by atoms with Crippen LogP contribution in [-0.2, 0) is 0 Å². The van der Waals surface area contributed by atoms with Gasteiger partial charge < -0.3 is 5.11 Å². The number of hydrogen-bond acceptors (Lipinski definition) is 1. The lowest BCUT2D eigenvalue weighted by Gasteiger charge is -2.50. The van der Waals surface area contributed by atoms with E-state index in [0.29, 0.717) is 17.8 Å². The minimum Gasteiger partial charge on any atom is -0.393 e. The molecule has 0 aromatic rings. The van der Waals surface area contributed by atoms with E-state index in [9.17, 15) is 5.11 Å². The van der Waals surface area contributed by atoms with Gasteiger partial charge in [0.05, 0.1) is 6.10 Å². The van der Waals surface area contributed by atoms with E-state index >= 15 is 0 Å². The molecule has 2 aliphatic rings. The number of rotatable bonds is 1. The van der Waals surface area contributed by atoms with Gasteiger partial charge in [-0.3, -0.25) is 0 Å². The van der Waals surface area contributed by atoms with E-state index < -0.39 is 0 Å². The molecule has 1 saturated carbocycles. The lowest BCUT2D eigenvalue weighted by molar-refractivity contribution is -0.0789. The molecule has 1 fully saturated rings. The van der Waals surface area contributed by atoms with Gasteiger partial charge in [-0.25, -0.2) is 0 Å². The average molecular weight is 307 g/mol. The first kappa shape index (κ1) is 18.0. The molecule has 0 spiro atoms. The third-order valence-electron chi connectivity index (χ3n) is 6.36. The maximum absolute atomic E-state index is 11.0. The van der Waals surface area contributed by atoms with Crippen molar-refractivity contribution in [2.45, 2.75) is 86.7 Å². The van der Waals surface area contributed by atoms with Crippen molar-refractivity contribution in [1.29, 1.82) is 0 Å². The van der Waals surface area contributed by atoms with Crippen LogP contribution in [0.5, 0.6) is 0 Å². The molecule has 0 heterocycles. The summed E-state index contributed by atoms with van der Waals surface area (Å²) in [4.78, 5) is 0. The van der Waals surface area contributed by atoms with Gasteiger partial charge in [0.15, 0.2) is 0 Å². The van der Waals surface area contributed by atoms with Gasteiger partial charge in [-0.2, -0.15) is 0 Å². The van der Waals surface area contributed by atoms with E-state index in [1.54, 1.807) is 5.57 Å². The summed E-state index contributed by atoms with van der Waals surface area (Å²) in [5.41, 5.74) is 2.07. The molecule has 2 rings (SSSR count). The fourth-order valence-electron chi connectivity index (χ4n) is 4.66. The third kappa shape index (κ3) is 3.96. The Kier molecular flexibility index (Phi) is 5.17. The minimum atomic E-state index is -0.153. The van der Waals surface area contributed by atoms with Crippen LogP contribution in [0.4, 0.5) is 0 Å². The van der Waals surface area contributed by atoms with Crippen LogP contribution in [0.3, 0.4) is 0 Å². The van der Waals surface area contributed by atoms with Crippen molar-refractivity contribution in [1.82, 2.24) is 0 Å². The van der Waals surface area contributed by atoms with Gasteiger partial charge >= 0.3 is 0 Å². The first-order chi connectivity index (χ1) is 10.00. The van der Waals surface area contributed by atoms with Crippen molar-refractivity contribution >= 4 is 0 Å². The zero-order chi connectivity index (χ0) is 16.7. The van der Waals surface area contributed by atoms with Gasteiger partial charge in [0, 0.05) is 0 Å². The summed E-state index contributed by atoms with van der Waals surface area (Å²) in [6, 6.07) is 0. The maximum Gasteiger partial charge on any atom is 0.0606 e. The van der Waals surface area contributed by atoms with E-state index in [1.165, 1.54) is 32.1 Å². The molecule has 0 bridgehead atoms. The standard InChI is InChI=1S/C21H38O/c1-14-8-10-15(11-9-14)16-12-17(20(2,3)4)19(22)18(13-16)21(5,6)7/h10,14,16-19,22H,8-9,11-13H2,1-7H3. The summed E-state index contributed by atoms with van der Waals surface area (Å²) >= 11 is 0. The van der Waals surface area contributed by atoms with E-state index in [0.717, 1.165) is 5.92 Å². The van der Waals surface area contributed by atoms with E-state index in [1.807, 2.05) is 0 Å². The summed E-state index contributed by atoms with van der Waals surface area (Å²) in [6.07, 6.45) is 8.64. The Hall–Kier alpha value is -0.300. The molecule has 128 valence electrons. The lowest BCUT2D eigenvalue weighted by Crippen LogP contribution is -2.48. The highest BCUT2D eigenvalue weighted by molar-refractivity contribution is 5.14. The maximum atomic E-state index is 11.0. The second-order valence-electron chi connectivity index (χ2n) is 10.3. The van der Waals surface area contributed by atoms with Crippen LogP contribution in [0, 0.1) is 34.5 Å². The SMILES string of the molecule is CC1CC=C(C2CC(C(C)(C)C)C(O)C(C(C)(C)C)C2)CC1. The second-order valence-corrected chi connectivity index (χ2v) is 10.3. The monoisotopic (exact) mass is 306 g/mol. The smallest absolute Gasteiger partial charge is 0.0606 e. The van der Waals surface area contributed by atoms with E-state index in [-0.39, 0.29) is 16.9 Å². The van der Waals surface area contributed by atoms with Crippen LogP contribution in [0.2, 0.25) is 0 Å². The van der Waals surface area contributed by atoms with Crippen LogP contribution < -0.4 is 0 Å². The molecule has 0 aromatic carbocycles. The lowest BCUT2D eigenvalue weighted by atomic mass is 9.57. The number of aliphatic hydroxyl groups excluding tert-OH is 1. The minimum absolute atomic E-state index is 0.153. The summed E-state index contributed by atoms with van der Waals surface area (Å²) in [7, 11) is 0. The highest BCUT2D eigenvalue weighted by Gasteiger charge is 2.46. The molecule has 0 radical (unpaired) electrons. The normalized spacial score (nSPS) is 37.8. The summed E-state index contributed by atoms with van der Waals surface area (Å²) < 4.78 is 0. The molecular formula is C21H38O. The molecule has 0 saturated heterocycles. The Labute approximate surface area is 138 Å². The Morgan fingerprint density at radius 1 is 0.955 bits per heavy atom. The number of hydrogen-bond donors (Lipinski definition) is 1. The Morgan fingerprint density at radius 2 is 1.45 bits per heavy atom. The van der Waals surface area contributed by atoms with Gasteiger partial charge in [-0.1, -0.05) is 60.1 Å². The summed E-state index contributed by atoms with van der Waals surface area (Å²) in [5.74, 6) is 2.38. The summed E-state index contributed by atoms with van der Waals surface area (Å²) in [6.45, 7) is 16.2. The largest absolute Gasteiger partial charge is 0.393 e. The highest BCUT2D eigenvalue weighted by Crippen LogP contribution is 2.51. The zero-order valence-electron chi connectivity index (χ0n) is 15.9. The Bertz CT molecular complexity index is 383. The van der Waals surface area contributed by atoms with Crippen molar-refractivity contribution in [3.05, 3.63) is 11.6 Å². The van der Waals surface area contributed by atoms with Gasteiger partial charge in [0.25, 0.3) is 0 Å². The molecule has 1 N–H and O–H groups in total. The molecule has 3 atom stereocenters. The topological polar surface area (TPSA) is 20.2 Å². The Morgan fingerprint density at radius 3 is 1.82 bits per heavy atom. The van der Waals surface area contributed by atoms with E-state index in [2.05, 4.69) is 54.5 Å². The first-order valence-electron chi connectivity index (χ1n) is 9.37. The van der Waals surface area contributed by atoms with Crippen molar-refractivity contribution in [3.63, 3.8) is 0 Å². The van der Waals surface area contributed by atoms with Crippen LogP contribution >= 0.6 is 0 Å². The highest BCUT2D eigenvalue weighted by atomic mass is 16.3. The number of allylic oxidation sites excluding steroid dienone is 2. The predicted octanol–water partition coefficient (Wildman–Crippen LogP) is 5.83. The summed E-state index contributed by atoms with van der Waals surface area (Å²) in [5, 5.41) is 11.0. The van der Waals surface area contributed by atoms with Gasteiger partial charge in [0.2, 0.25) is 0 Å². The molecule has 3 unspecified atom stereocenters. The first-order valence-corrected chi connectivity index (χ1v) is 9.37. The average Bonchev–Trinajstić information content (AvgIpc) is 2.37. The van der Waals surface area contributed by atoms with Gasteiger partial charge in [0.1, 0.15) is 0 Å². The molecule has 2 aliphatic carbocycles. The van der Waals surface area contributed by atoms with Crippen molar-refractivity contribution in [3.8, 4) is 0 Å². The van der Waals surface area contributed by atoms with Crippen molar-refractivity contribution < 1.29 is 5.11 Å². The zero-order valence-corrected chi connectivity index (χ0v) is 15.9.